The fourth-order valence-corrected chi connectivity index (χ4v) is 0.127. The lowest BCUT2D eigenvalue weighted by atomic mass is 10.9. The van der Waals surface area contributed by atoms with E-state index in [0.717, 1.165) is 0 Å². The van der Waals surface area contributed by atoms with Crippen molar-refractivity contribution < 1.29 is 4.79 Å². The van der Waals surface area contributed by atoms with E-state index in [1.807, 2.05) is 0 Å². The highest BCUT2D eigenvalue weighted by Crippen LogP contribution is 1.59. The van der Waals surface area contributed by atoms with Crippen molar-refractivity contribution in [1.82, 2.24) is 0 Å². The van der Waals surface area contributed by atoms with Crippen LogP contribution in [0.15, 0.2) is 4.99 Å². The van der Waals surface area contributed by atoms with Gasteiger partial charge in [-0.3, -0.25) is 0 Å². The Labute approximate surface area is 35.9 Å². The van der Waals surface area contributed by atoms with E-state index in [-0.39, 0.29) is 0 Å². The lowest BCUT2D eigenvalue weighted by Crippen LogP contribution is -2.02. The van der Waals surface area contributed by atoms with Crippen LogP contribution < -0.4 is 5.73 Å². The molecule has 0 heterocycles. The number of hydrogen-bond donors (Lipinski definition) is 1. The fourth-order valence-electron chi connectivity index (χ4n) is 0.127. The molecule has 0 aliphatic rings. The maximum absolute atomic E-state index is 9.62. The number of carbonyl (C=O) groups is 1. The first kappa shape index (κ1) is 5.14. The molecule has 0 aliphatic carbocycles. The van der Waals surface area contributed by atoms with Gasteiger partial charge in [0.25, 0.3) is 0 Å². The van der Waals surface area contributed by atoms with Crippen LogP contribution in [0.2, 0.25) is 0 Å². The normalized spacial score (nSPS) is 9.50. The van der Waals surface area contributed by atoms with Gasteiger partial charge in [0.05, 0.1) is 0 Å². The zero-order chi connectivity index (χ0) is 4.99. The molecule has 0 aromatic carbocycles. The average molecular weight is 86.1 g/mol. The second-order valence-corrected chi connectivity index (χ2v) is 0.726. The number of carbonyl (C=O) groups excluding carboxylic acids is 1. The van der Waals surface area contributed by atoms with E-state index < -0.39 is 6.03 Å². The van der Waals surface area contributed by atoms with Crippen LogP contribution in [-0.2, 0) is 0 Å². The molecule has 0 saturated heterocycles. The van der Waals surface area contributed by atoms with Crippen LogP contribution in [0.5, 0.6) is 0 Å². The molecule has 34 valence electrons. The molecule has 3 nitrogen and oxygen atoms in total. The van der Waals surface area contributed by atoms with Gasteiger partial charge >= 0.3 is 6.03 Å². The molecule has 0 bridgehead atoms. The summed E-state index contributed by atoms with van der Waals surface area (Å²) in [4.78, 5) is 12.8. The highest BCUT2D eigenvalue weighted by Gasteiger charge is 1.74. The van der Waals surface area contributed by atoms with Crippen molar-refractivity contribution in [2.24, 2.45) is 10.7 Å². The fraction of sp³-hybridized carbons (Fsp3) is 0.333. The molecule has 0 aliphatic heterocycles. The number of aliphatic imine (C=N–C) groups is 1. The Bertz CT molecular complexity index is 76.9. The summed E-state index contributed by atoms with van der Waals surface area (Å²) in [5.74, 6) is 0. The molecule has 0 fully saturated rings. The summed E-state index contributed by atoms with van der Waals surface area (Å²) < 4.78 is 0. The van der Waals surface area contributed by atoms with Crippen LogP contribution in [-0.4, -0.2) is 12.2 Å². The van der Waals surface area contributed by atoms with Crippen molar-refractivity contribution in [2.75, 3.05) is 0 Å². The predicted molar refractivity (Wildman–Crippen MR) is 23.7 cm³/mol. The standard InChI is InChI=1S/C3H6N2O/c1-2-5-3(4)6/h2H,1H3,(H2,4,6)/b5-2-. The first-order valence-corrected chi connectivity index (χ1v) is 1.55. The van der Waals surface area contributed by atoms with Crippen LogP contribution in [0, 0.1) is 0 Å². The highest BCUT2D eigenvalue weighted by molar-refractivity contribution is 5.81. The number of nitrogens with two attached hydrogens (primary N) is 1. The Morgan fingerprint density at radius 1 is 2.00 bits per heavy atom. The molecule has 2 amide bonds. The highest BCUT2D eigenvalue weighted by atomic mass is 16.2. The second kappa shape index (κ2) is 2.38. The van der Waals surface area contributed by atoms with Gasteiger partial charge in [0.2, 0.25) is 0 Å². The SMILES string of the molecule is C/C=N\C(N)=O. The van der Waals surface area contributed by atoms with E-state index in [0.29, 0.717) is 0 Å². The second-order valence-electron chi connectivity index (χ2n) is 0.726. The monoisotopic (exact) mass is 86.0 g/mol. The van der Waals surface area contributed by atoms with E-state index in [1.54, 1.807) is 6.92 Å². The third-order valence-corrected chi connectivity index (χ3v) is 0.256. The van der Waals surface area contributed by atoms with E-state index in [1.165, 1.54) is 6.21 Å². The van der Waals surface area contributed by atoms with Crippen LogP contribution in [0.25, 0.3) is 0 Å². The molecule has 0 atom stereocenters. The van der Waals surface area contributed by atoms with E-state index in [2.05, 4.69) is 10.7 Å². The smallest absolute Gasteiger partial charge is 0.337 e. The zero-order valence-corrected chi connectivity index (χ0v) is 3.51. The lowest BCUT2D eigenvalue weighted by Gasteiger charge is -1.70. The summed E-state index contributed by atoms with van der Waals surface area (Å²) in [5.41, 5.74) is 4.57. The van der Waals surface area contributed by atoms with Crippen LogP contribution >= 0.6 is 0 Å². The molecular weight excluding hydrogens is 80.0 g/mol. The number of amides is 2. The summed E-state index contributed by atoms with van der Waals surface area (Å²) in [6.07, 6.45) is 1.35. The summed E-state index contributed by atoms with van der Waals surface area (Å²) in [5, 5.41) is 0. The van der Waals surface area contributed by atoms with Crippen LogP contribution in [0.1, 0.15) is 6.92 Å². The van der Waals surface area contributed by atoms with Gasteiger partial charge in [0.1, 0.15) is 0 Å². The Kier molecular flexibility index (Phi) is 2.04. The molecule has 2 N–H and O–H groups in total. The van der Waals surface area contributed by atoms with Crippen molar-refractivity contribution in [3.8, 4) is 0 Å². The number of rotatable bonds is 0. The van der Waals surface area contributed by atoms with Gasteiger partial charge in [0.15, 0.2) is 0 Å². The molecular formula is C3H6N2O. The topological polar surface area (TPSA) is 55.4 Å². The van der Waals surface area contributed by atoms with Crippen molar-refractivity contribution >= 4 is 12.2 Å². The van der Waals surface area contributed by atoms with Crippen molar-refractivity contribution in [2.45, 2.75) is 6.92 Å². The zero-order valence-electron chi connectivity index (χ0n) is 3.51. The minimum atomic E-state index is -0.641. The van der Waals surface area contributed by atoms with Gasteiger partial charge in [-0.05, 0) is 6.92 Å². The molecule has 0 rings (SSSR count). The van der Waals surface area contributed by atoms with Crippen LogP contribution in [0.3, 0.4) is 0 Å². The molecule has 0 radical (unpaired) electrons. The molecule has 0 unspecified atom stereocenters. The van der Waals surface area contributed by atoms with Crippen LogP contribution in [0.4, 0.5) is 4.79 Å². The number of nitrogens with zero attached hydrogens (tertiary/aromatic N) is 1. The molecule has 0 spiro atoms. The summed E-state index contributed by atoms with van der Waals surface area (Å²) >= 11 is 0. The maximum atomic E-state index is 9.62. The van der Waals surface area contributed by atoms with Gasteiger partial charge in [0, 0.05) is 6.21 Å². The molecule has 0 saturated carbocycles. The van der Waals surface area contributed by atoms with E-state index in [4.69, 9.17) is 0 Å². The Morgan fingerprint density at radius 2 is 2.50 bits per heavy atom. The quantitative estimate of drug-likeness (QED) is 0.419. The third kappa shape index (κ3) is 3.14. The average Bonchev–Trinajstić information content (AvgIpc) is 1.35. The van der Waals surface area contributed by atoms with E-state index >= 15 is 0 Å². The van der Waals surface area contributed by atoms with Gasteiger partial charge in [-0.1, -0.05) is 0 Å². The first-order chi connectivity index (χ1) is 2.77. The minimum Gasteiger partial charge on any atom is -0.350 e. The maximum Gasteiger partial charge on any atom is 0.337 e. The Hall–Kier alpha value is -0.860. The lowest BCUT2D eigenvalue weighted by molar-refractivity contribution is 0.257. The van der Waals surface area contributed by atoms with Crippen molar-refractivity contribution in [1.29, 1.82) is 0 Å². The van der Waals surface area contributed by atoms with Gasteiger partial charge in [-0.15, -0.1) is 0 Å². The van der Waals surface area contributed by atoms with Crippen molar-refractivity contribution in [3.05, 3.63) is 0 Å². The summed E-state index contributed by atoms with van der Waals surface area (Å²) in [6.45, 7) is 1.63. The third-order valence-electron chi connectivity index (χ3n) is 0.256. The molecule has 0 aromatic heterocycles. The number of urea groups is 1. The van der Waals surface area contributed by atoms with E-state index in [9.17, 15) is 4.79 Å². The number of hydrogen-bond acceptors (Lipinski definition) is 1. The minimum absolute atomic E-state index is 0.641. The molecule has 0 aromatic rings. The van der Waals surface area contributed by atoms with Crippen molar-refractivity contribution in [3.63, 3.8) is 0 Å². The Balaban J connectivity index is 3.30. The summed E-state index contributed by atoms with van der Waals surface area (Å²) in [6, 6.07) is -0.641. The molecule has 3 heteroatoms. The largest absolute Gasteiger partial charge is 0.350 e. The van der Waals surface area contributed by atoms with Gasteiger partial charge in [-0.2, -0.15) is 0 Å². The summed E-state index contributed by atoms with van der Waals surface area (Å²) in [7, 11) is 0. The predicted octanol–water partition coefficient (Wildman–Crippen LogP) is 0.156. The van der Waals surface area contributed by atoms with Gasteiger partial charge < -0.3 is 5.73 Å². The first-order valence-electron chi connectivity index (χ1n) is 1.55. The van der Waals surface area contributed by atoms with Gasteiger partial charge in [-0.25, -0.2) is 9.79 Å². The number of primary amides is 1. The molecule has 6 heavy (non-hydrogen) atoms. The Morgan fingerprint density at radius 3 is 2.50 bits per heavy atom.